The van der Waals surface area contributed by atoms with Gasteiger partial charge >= 0.3 is 0 Å². The first-order chi connectivity index (χ1) is 6.24. The Morgan fingerprint density at radius 2 is 2.08 bits per heavy atom. The van der Waals surface area contributed by atoms with Gasteiger partial charge in [0.1, 0.15) is 0 Å². The molecule has 0 fully saturated rings. The van der Waals surface area contributed by atoms with Crippen LogP contribution in [0.3, 0.4) is 0 Å². The van der Waals surface area contributed by atoms with Crippen LogP contribution in [0, 0.1) is 0 Å². The topological polar surface area (TPSA) is 82.0 Å². The minimum absolute atomic E-state index is 0.0243. The third-order valence-electron chi connectivity index (χ3n) is 1.70. The predicted molar refractivity (Wildman–Crippen MR) is 48.5 cm³/mol. The molecule has 0 aliphatic rings. The number of hydrogen-bond donors (Lipinski definition) is 4. The van der Waals surface area contributed by atoms with E-state index in [1.165, 1.54) is 0 Å². The molecule has 0 aliphatic heterocycles. The van der Waals surface area contributed by atoms with E-state index in [0.717, 1.165) is 0 Å². The van der Waals surface area contributed by atoms with E-state index in [1.54, 1.807) is 7.11 Å². The first-order valence-corrected chi connectivity index (χ1v) is 4.36. The lowest BCUT2D eigenvalue weighted by molar-refractivity contribution is 0.0827. The quantitative estimate of drug-likeness (QED) is 0.370. The van der Waals surface area contributed by atoms with Crippen LogP contribution in [-0.2, 0) is 4.74 Å². The first-order valence-electron chi connectivity index (χ1n) is 4.36. The molecule has 0 aromatic carbocycles. The van der Waals surface area contributed by atoms with E-state index in [9.17, 15) is 0 Å². The van der Waals surface area contributed by atoms with Crippen LogP contribution in [0.2, 0.25) is 0 Å². The van der Waals surface area contributed by atoms with Crippen LogP contribution in [-0.4, -0.2) is 60.9 Å². The lowest BCUT2D eigenvalue weighted by Gasteiger charge is -2.18. The maximum Gasteiger partial charge on any atom is 0.0895 e. The fourth-order valence-electron chi connectivity index (χ4n) is 0.969. The zero-order valence-electron chi connectivity index (χ0n) is 7.94. The summed E-state index contributed by atoms with van der Waals surface area (Å²) in [4.78, 5) is 0. The molecule has 0 heterocycles. The molecule has 0 saturated carbocycles. The van der Waals surface area contributed by atoms with E-state index in [1.807, 2.05) is 0 Å². The minimum Gasteiger partial charge on any atom is -0.396 e. The minimum atomic E-state index is -0.752. The molecule has 0 bridgehead atoms. The number of methoxy groups -OCH3 is 1. The van der Waals surface area contributed by atoms with Crippen LogP contribution >= 0.6 is 0 Å². The Bertz CT molecular complexity index is 106. The van der Waals surface area contributed by atoms with Crippen LogP contribution in [0.4, 0.5) is 0 Å². The number of nitrogens with one attached hydrogen (secondary N) is 1. The van der Waals surface area contributed by atoms with Gasteiger partial charge in [-0.1, -0.05) is 0 Å². The third kappa shape index (κ3) is 6.92. The molecule has 0 radical (unpaired) electrons. The van der Waals surface area contributed by atoms with Crippen LogP contribution < -0.4 is 5.32 Å². The number of aliphatic hydroxyl groups excluding tert-OH is 3. The summed E-state index contributed by atoms with van der Waals surface area (Å²) in [6, 6.07) is 0.0243. The molecule has 0 aliphatic carbocycles. The number of ether oxygens (including phenoxy) is 1. The third-order valence-corrected chi connectivity index (χ3v) is 1.70. The first kappa shape index (κ1) is 12.8. The SMILES string of the molecule is COCC(CCO)NC[C@H](O)CO. The van der Waals surface area contributed by atoms with Crippen molar-refractivity contribution < 1.29 is 20.1 Å². The van der Waals surface area contributed by atoms with Crippen molar-refractivity contribution in [3.8, 4) is 0 Å². The molecule has 0 aromatic heterocycles. The van der Waals surface area contributed by atoms with Gasteiger partial charge in [0.15, 0.2) is 0 Å². The van der Waals surface area contributed by atoms with E-state index in [0.29, 0.717) is 19.6 Å². The van der Waals surface area contributed by atoms with Crippen LogP contribution in [0.5, 0.6) is 0 Å². The van der Waals surface area contributed by atoms with Crippen molar-refractivity contribution in [3.63, 3.8) is 0 Å². The summed E-state index contributed by atoms with van der Waals surface area (Å²) in [7, 11) is 1.58. The van der Waals surface area contributed by atoms with E-state index in [-0.39, 0.29) is 19.3 Å². The van der Waals surface area contributed by atoms with Crippen molar-refractivity contribution in [2.24, 2.45) is 0 Å². The van der Waals surface area contributed by atoms with Crippen LogP contribution in [0.25, 0.3) is 0 Å². The van der Waals surface area contributed by atoms with Gasteiger partial charge in [-0.25, -0.2) is 0 Å². The zero-order chi connectivity index (χ0) is 10.1. The Balaban J connectivity index is 3.55. The molecule has 1 unspecified atom stereocenters. The lowest BCUT2D eigenvalue weighted by atomic mass is 10.2. The molecule has 4 N–H and O–H groups in total. The molecule has 5 nitrogen and oxygen atoms in total. The second kappa shape index (κ2) is 8.40. The van der Waals surface area contributed by atoms with Gasteiger partial charge < -0.3 is 25.4 Å². The molecular formula is C8H19NO4. The largest absolute Gasteiger partial charge is 0.396 e. The molecule has 0 aromatic rings. The van der Waals surface area contributed by atoms with Crippen molar-refractivity contribution in [1.82, 2.24) is 5.32 Å². The summed E-state index contributed by atoms with van der Waals surface area (Å²) in [6.07, 6.45) is -0.176. The van der Waals surface area contributed by atoms with Crippen LogP contribution in [0.15, 0.2) is 0 Å². The fraction of sp³-hybridized carbons (Fsp3) is 1.00. The van der Waals surface area contributed by atoms with E-state index >= 15 is 0 Å². The molecule has 0 spiro atoms. The van der Waals surface area contributed by atoms with Gasteiger partial charge in [0.2, 0.25) is 0 Å². The van der Waals surface area contributed by atoms with E-state index in [2.05, 4.69) is 5.32 Å². The maximum absolute atomic E-state index is 9.03. The Morgan fingerprint density at radius 1 is 1.38 bits per heavy atom. The van der Waals surface area contributed by atoms with Gasteiger partial charge in [0.25, 0.3) is 0 Å². The van der Waals surface area contributed by atoms with Gasteiger partial charge in [-0.15, -0.1) is 0 Å². The lowest BCUT2D eigenvalue weighted by Crippen LogP contribution is -2.40. The molecular weight excluding hydrogens is 174 g/mol. The van der Waals surface area contributed by atoms with Gasteiger partial charge in [-0.05, 0) is 6.42 Å². The smallest absolute Gasteiger partial charge is 0.0895 e. The standard InChI is InChI=1S/C8H19NO4/c1-13-6-7(2-3-10)9-4-8(12)5-11/h7-12H,2-6H2,1H3/t7?,8-/m0/s1. The second-order valence-corrected chi connectivity index (χ2v) is 2.91. The van der Waals surface area contributed by atoms with Gasteiger partial charge in [-0.3, -0.25) is 0 Å². The van der Waals surface area contributed by atoms with Crippen molar-refractivity contribution in [3.05, 3.63) is 0 Å². The van der Waals surface area contributed by atoms with Crippen molar-refractivity contribution >= 4 is 0 Å². The highest BCUT2D eigenvalue weighted by Gasteiger charge is 2.09. The summed E-state index contributed by atoms with van der Waals surface area (Å²) >= 11 is 0. The Labute approximate surface area is 78.3 Å². The monoisotopic (exact) mass is 193 g/mol. The highest BCUT2D eigenvalue weighted by atomic mass is 16.5. The molecule has 0 saturated heterocycles. The van der Waals surface area contributed by atoms with Crippen molar-refractivity contribution in [2.45, 2.75) is 18.6 Å². The summed E-state index contributed by atoms with van der Waals surface area (Å²) in [5.74, 6) is 0. The van der Waals surface area contributed by atoms with Crippen LogP contribution in [0.1, 0.15) is 6.42 Å². The molecule has 0 rings (SSSR count). The summed E-state index contributed by atoms with van der Waals surface area (Å²) in [6.45, 7) is 0.616. The van der Waals surface area contributed by atoms with Gasteiger partial charge in [-0.2, -0.15) is 0 Å². The second-order valence-electron chi connectivity index (χ2n) is 2.91. The van der Waals surface area contributed by atoms with Crippen molar-refractivity contribution in [1.29, 1.82) is 0 Å². The molecule has 2 atom stereocenters. The van der Waals surface area contributed by atoms with Crippen molar-refractivity contribution in [2.75, 3.05) is 33.5 Å². The van der Waals surface area contributed by atoms with E-state index < -0.39 is 6.10 Å². The number of hydrogen-bond acceptors (Lipinski definition) is 5. The Hall–Kier alpha value is -0.200. The average Bonchev–Trinajstić information content (AvgIpc) is 2.14. The molecule has 5 heteroatoms. The summed E-state index contributed by atoms with van der Waals surface area (Å²) < 4.78 is 4.90. The highest BCUT2D eigenvalue weighted by molar-refractivity contribution is 4.68. The predicted octanol–water partition coefficient (Wildman–Crippen LogP) is -1.67. The normalized spacial score (nSPS) is 15.7. The van der Waals surface area contributed by atoms with E-state index in [4.69, 9.17) is 20.1 Å². The average molecular weight is 193 g/mol. The van der Waals surface area contributed by atoms with Gasteiger partial charge in [0, 0.05) is 26.3 Å². The number of aliphatic hydroxyl groups is 3. The Kier molecular flexibility index (Phi) is 8.27. The molecule has 80 valence electrons. The summed E-state index contributed by atoms with van der Waals surface area (Å²) in [5.41, 5.74) is 0. The molecule has 13 heavy (non-hydrogen) atoms. The fourth-order valence-corrected chi connectivity index (χ4v) is 0.969. The zero-order valence-corrected chi connectivity index (χ0v) is 7.94. The van der Waals surface area contributed by atoms with Gasteiger partial charge in [0.05, 0.1) is 19.3 Å². The number of rotatable bonds is 8. The Morgan fingerprint density at radius 3 is 2.54 bits per heavy atom. The summed E-state index contributed by atoms with van der Waals surface area (Å²) in [5, 5.41) is 29.2. The highest BCUT2D eigenvalue weighted by Crippen LogP contribution is 1.92. The maximum atomic E-state index is 9.03. The molecule has 0 amide bonds.